The summed E-state index contributed by atoms with van der Waals surface area (Å²) < 4.78 is 9.59. The lowest BCUT2D eigenvalue weighted by Gasteiger charge is -2.25. The molecule has 1 N–H and O–H groups in total. The maximum Gasteiger partial charge on any atom is 0.408 e. The average Bonchev–Trinajstić information content (AvgIpc) is 2.34. The molecule has 0 aliphatic rings. The summed E-state index contributed by atoms with van der Waals surface area (Å²) in [6.07, 6.45) is 1.03. The zero-order chi connectivity index (χ0) is 16.6. The van der Waals surface area contributed by atoms with Gasteiger partial charge in [-0.3, -0.25) is 9.59 Å². The van der Waals surface area contributed by atoms with Gasteiger partial charge in [0, 0.05) is 7.05 Å². The highest BCUT2D eigenvalue weighted by Gasteiger charge is 2.26. The first kappa shape index (κ1) is 18.9. The summed E-state index contributed by atoms with van der Waals surface area (Å²) in [5.74, 6) is -0.966. The average molecular weight is 300 g/mol. The van der Waals surface area contributed by atoms with E-state index < -0.39 is 29.6 Å². The molecule has 0 aromatic rings. The monoisotopic (exact) mass is 300 g/mol. The van der Waals surface area contributed by atoms with E-state index in [1.807, 2.05) is 0 Å². The number of carbonyl (C=O) groups is 3. The molecule has 1 unspecified atom stereocenters. The van der Waals surface area contributed by atoms with Crippen LogP contribution in [-0.2, 0) is 19.1 Å². The zero-order valence-electron chi connectivity index (χ0n) is 13.3. The predicted octanol–water partition coefficient (Wildman–Crippen LogP) is 1.09. The van der Waals surface area contributed by atoms with Gasteiger partial charge in [-0.15, -0.1) is 6.58 Å². The Kier molecular flexibility index (Phi) is 7.48. The van der Waals surface area contributed by atoms with Crippen LogP contribution in [0.5, 0.6) is 0 Å². The molecule has 0 saturated carbocycles. The van der Waals surface area contributed by atoms with E-state index in [1.54, 1.807) is 20.8 Å². The van der Waals surface area contributed by atoms with Crippen LogP contribution in [0.2, 0.25) is 0 Å². The van der Waals surface area contributed by atoms with Crippen molar-refractivity contribution in [3.8, 4) is 0 Å². The number of nitrogens with zero attached hydrogens (tertiary/aromatic N) is 1. The van der Waals surface area contributed by atoms with Crippen molar-refractivity contribution in [1.29, 1.82) is 0 Å². The molecule has 0 rings (SSSR count). The van der Waals surface area contributed by atoms with Crippen LogP contribution >= 0.6 is 0 Å². The largest absolute Gasteiger partial charge is 0.468 e. The number of hydrogen-bond donors (Lipinski definition) is 1. The molecule has 7 heteroatoms. The lowest BCUT2D eigenvalue weighted by atomic mass is 10.1. The third-order valence-electron chi connectivity index (χ3n) is 2.36. The number of carbonyl (C=O) groups excluding carboxylic acids is 3. The summed E-state index contributed by atoms with van der Waals surface area (Å²) in [4.78, 5) is 36.3. The Morgan fingerprint density at radius 3 is 2.33 bits per heavy atom. The second-order valence-electron chi connectivity index (χ2n) is 5.49. The highest BCUT2D eigenvalue weighted by molar-refractivity contribution is 5.88. The number of methoxy groups -OCH3 is 1. The molecule has 0 aromatic heterocycles. The van der Waals surface area contributed by atoms with Gasteiger partial charge in [-0.1, -0.05) is 6.08 Å². The van der Waals surface area contributed by atoms with E-state index in [-0.39, 0.29) is 13.0 Å². The fourth-order valence-electron chi connectivity index (χ4n) is 1.44. The van der Waals surface area contributed by atoms with Gasteiger partial charge >= 0.3 is 12.1 Å². The fourth-order valence-corrected chi connectivity index (χ4v) is 1.44. The number of hydrogen-bond acceptors (Lipinski definition) is 5. The van der Waals surface area contributed by atoms with Gasteiger partial charge in [-0.05, 0) is 27.2 Å². The Balaban J connectivity index is 4.73. The molecule has 0 heterocycles. The van der Waals surface area contributed by atoms with Crippen LogP contribution in [0, 0.1) is 0 Å². The first-order valence-corrected chi connectivity index (χ1v) is 6.53. The second-order valence-corrected chi connectivity index (χ2v) is 5.49. The van der Waals surface area contributed by atoms with Gasteiger partial charge in [0.25, 0.3) is 0 Å². The molecule has 0 bridgehead atoms. The Hall–Kier alpha value is -2.05. The summed E-state index contributed by atoms with van der Waals surface area (Å²) in [6, 6.07) is -0.841. The first-order chi connectivity index (χ1) is 9.60. The van der Waals surface area contributed by atoms with Gasteiger partial charge in [-0.2, -0.15) is 0 Å². The van der Waals surface area contributed by atoms with E-state index in [4.69, 9.17) is 4.74 Å². The van der Waals surface area contributed by atoms with Crippen molar-refractivity contribution in [3.63, 3.8) is 0 Å². The minimum atomic E-state index is -0.841. The van der Waals surface area contributed by atoms with Crippen LogP contribution in [0.3, 0.4) is 0 Å². The number of likely N-dealkylation sites (N-methyl/N-ethyl adjacent to an activating group) is 1. The smallest absolute Gasteiger partial charge is 0.408 e. The van der Waals surface area contributed by atoms with Crippen molar-refractivity contribution in [2.45, 2.75) is 38.8 Å². The minimum absolute atomic E-state index is 0.195. The third-order valence-corrected chi connectivity index (χ3v) is 2.36. The van der Waals surface area contributed by atoms with Gasteiger partial charge in [-0.25, -0.2) is 4.79 Å². The van der Waals surface area contributed by atoms with Crippen LogP contribution < -0.4 is 5.32 Å². The third kappa shape index (κ3) is 7.96. The van der Waals surface area contributed by atoms with Crippen LogP contribution in [0.15, 0.2) is 12.7 Å². The Labute approximate surface area is 125 Å². The molecule has 7 nitrogen and oxygen atoms in total. The Morgan fingerprint density at radius 1 is 1.33 bits per heavy atom. The summed E-state index contributed by atoms with van der Waals surface area (Å²) in [5, 5.41) is 2.47. The Morgan fingerprint density at radius 2 is 1.90 bits per heavy atom. The highest BCUT2D eigenvalue weighted by atomic mass is 16.6. The molecular weight excluding hydrogens is 276 g/mol. The standard InChI is InChI=1S/C14H24N2O5/c1-7-8-10(15-13(19)21-14(2,3)4)12(18)16(5)9-11(17)20-6/h7,10H,1,8-9H2,2-6H3,(H,15,19). The van der Waals surface area contributed by atoms with Gasteiger partial charge in [0.2, 0.25) is 5.91 Å². The molecule has 1 atom stereocenters. The molecule has 0 spiro atoms. The molecule has 0 aliphatic carbocycles. The summed E-state index contributed by atoms with van der Waals surface area (Å²) in [7, 11) is 2.69. The fraction of sp³-hybridized carbons (Fsp3) is 0.643. The topological polar surface area (TPSA) is 84.9 Å². The van der Waals surface area contributed by atoms with Gasteiger partial charge in [0.15, 0.2) is 0 Å². The molecule has 120 valence electrons. The number of rotatable bonds is 6. The summed E-state index contributed by atoms with van der Waals surface area (Å²) in [5.41, 5.74) is -0.663. The molecule has 0 radical (unpaired) electrons. The van der Waals surface area contributed by atoms with E-state index in [0.717, 1.165) is 0 Å². The lowest BCUT2D eigenvalue weighted by molar-refractivity contribution is -0.146. The van der Waals surface area contributed by atoms with Crippen molar-refractivity contribution in [2.24, 2.45) is 0 Å². The van der Waals surface area contributed by atoms with Crippen LogP contribution in [-0.4, -0.2) is 55.2 Å². The number of esters is 1. The van der Waals surface area contributed by atoms with Crippen molar-refractivity contribution >= 4 is 18.0 Å². The summed E-state index contributed by atoms with van der Waals surface area (Å²) in [6.45, 7) is 8.52. The number of nitrogens with one attached hydrogen (secondary N) is 1. The molecular formula is C14H24N2O5. The second kappa shape index (κ2) is 8.28. The van der Waals surface area contributed by atoms with Gasteiger partial charge in [0.1, 0.15) is 18.2 Å². The predicted molar refractivity (Wildman–Crippen MR) is 77.6 cm³/mol. The number of alkyl carbamates (subject to hydrolysis) is 1. The minimum Gasteiger partial charge on any atom is -0.468 e. The lowest BCUT2D eigenvalue weighted by Crippen LogP contribution is -2.49. The van der Waals surface area contributed by atoms with E-state index in [9.17, 15) is 14.4 Å². The van der Waals surface area contributed by atoms with Gasteiger partial charge < -0.3 is 19.7 Å². The normalized spacial score (nSPS) is 12.0. The molecule has 0 aliphatic heterocycles. The maximum atomic E-state index is 12.2. The van der Waals surface area contributed by atoms with E-state index in [2.05, 4.69) is 16.6 Å². The quantitative estimate of drug-likeness (QED) is 0.586. The van der Waals surface area contributed by atoms with Crippen molar-refractivity contribution < 1.29 is 23.9 Å². The molecule has 0 saturated heterocycles. The number of ether oxygens (including phenoxy) is 2. The van der Waals surface area contributed by atoms with Crippen LogP contribution in [0.1, 0.15) is 27.2 Å². The SMILES string of the molecule is C=CCC(NC(=O)OC(C)(C)C)C(=O)N(C)CC(=O)OC. The van der Waals surface area contributed by atoms with Crippen molar-refractivity contribution in [3.05, 3.63) is 12.7 Å². The molecule has 0 aromatic carbocycles. The van der Waals surface area contributed by atoms with E-state index in [1.165, 1.54) is 25.1 Å². The Bertz CT molecular complexity index is 401. The van der Waals surface area contributed by atoms with E-state index >= 15 is 0 Å². The molecule has 0 fully saturated rings. The number of amides is 2. The zero-order valence-corrected chi connectivity index (χ0v) is 13.3. The van der Waals surface area contributed by atoms with Crippen molar-refractivity contribution in [2.75, 3.05) is 20.7 Å². The van der Waals surface area contributed by atoms with Crippen LogP contribution in [0.4, 0.5) is 4.79 Å². The van der Waals surface area contributed by atoms with Crippen LogP contribution in [0.25, 0.3) is 0 Å². The molecule has 21 heavy (non-hydrogen) atoms. The first-order valence-electron chi connectivity index (χ1n) is 6.53. The van der Waals surface area contributed by atoms with Crippen molar-refractivity contribution in [1.82, 2.24) is 10.2 Å². The summed E-state index contributed by atoms with van der Waals surface area (Å²) >= 11 is 0. The maximum absolute atomic E-state index is 12.2. The van der Waals surface area contributed by atoms with E-state index in [0.29, 0.717) is 0 Å². The van der Waals surface area contributed by atoms with Gasteiger partial charge in [0.05, 0.1) is 7.11 Å². The highest BCUT2D eigenvalue weighted by Crippen LogP contribution is 2.08. The molecule has 2 amide bonds.